The van der Waals surface area contributed by atoms with Crippen molar-refractivity contribution in [2.45, 2.75) is 13.5 Å². The number of rotatable bonds is 4. The number of hydrogen-bond acceptors (Lipinski definition) is 3. The third kappa shape index (κ3) is 2.88. The van der Waals surface area contributed by atoms with Crippen LogP contribution in [-0.4, -0.2) is 16.1 Å². The number of hydrogen-bond donors (Lipinski definition) is 2. The SMILES string of the molecule is Cc1ccccc1NCCn1ccc(=O)[nH]c1=O. The molecule has 0 atom stereocenters. The molecule has 2 aromatic rings. The van der Waals surface area contributed by atoms with Crippen LogP contribution in [-0.2, 0) is 6.54 Å². The normalized spacial score (nSPS) is 10.3. The number of aromatic nitrogens is 2. The largest absolute Gasteiger partial charge is 0.383 e. The fourth-order valence-corrected chi connectivity index (χ4v) is 1.70. The Morgan fingerprint density at radius 2 is 2.00 bits per heavy atom. The minimum atomic E-state index is -0.380. The zero-order valence-electron chi connectivity index (χ0n) is 10.1. The molecular weight excluding hydrogens is 230 g/mol. The summed E-state index contributed by atoms with van der Waals surface area (Å²) in [6, 6.07) is 9.29. The van der Waals surface area contributed by atoms with Crippen molar-refractivity contribution in [1.29, 1.82) is 0 Å². The lowest BCUT2D eigenvalue weighted by Gasteiger charge is -2.10. The molecule has 18 heavy (non-hydrogen) atoms. The summed E-state index contributed by atoms with van der Waals surface area (Å²) in [6.45, 7) is 3.15. The van der Waals surface area contributed by atoms with E-state index >= 15 is 0 Å². The minimum absolute atomic E-state index is 0.372. The third-order valence-electron chi connectivity index (χ3n) is 2.71. The van der Waals surface area contributed by atoms with E-state index in [4.69, 9.17) is 0 Å². The monoisotopic (exact) mass is 245 g/mol. The highest BCUT2D eigenvalue weighted by molar-refractivity contribution is 5.49. The van der Waals surface area contributed by atoms with Crippen LogP contribution in [0.25, 0.3) is 0 Å². The molecule has 0 saturated heterocycles. The van der Waals surface area contributed by atoms with Gasteiger partial charge in [0.25, 0.3) is 5.56 Å². The summed E-state index contributed by atoms with van der Waals surface area (Å²) < 4.78 is 1.46. The molecule has 94 valence electrons. The van der Waals surface area contributed by atoms with Crippen LogP contribution in [0, 0.1) is 6.92 Å². The first kappa shape index (κ1) is 12.2. The topological polar surface area (TPSA) is 66.9 Å². The maximum atomic E-state index is 11.4. The molecular formula is C13H15N3O2. The highest BCUT2D eigenvalue weighted by atomic mass is 16.2. The number of aromatic amines is 1. The van der Waals surface area contributed by atoms with Gasteiger partial charge in [0.05, 0.1) is 0 Å². The van der Waals surface area contributed by atoms with Crippen LogP contribution >= 0.6 is 0 Å². The number of nitrogens with one attached hydrogen (secondary N) is 2. The van der Waals surface area contributed by atoms with Gasteiger partial charge in [0, 0.05) is 31.0 Å². The Morgan fingerprint density at radius 1 is 1.22 bits per heavy atom. The van der Waals surface area contributed by atoms with Crippen molar-refractivity contribution in [1.82, 2.24) is 9.55 Å². The molecule has 0 spiro atoms. The molecule has 0 aliphatic heterocycles. The number of para-hydroxylation sites is 1. The smallest absolute Gasteiger partial charge is 0.328 e. The second kappa shape index (κ2) is 5.35. The van der Waals surface area contributed by atoms with Gasteiger partial charge in [0.1, 0.15) is 0 Å². The molecule has 0 unspecified atom stereocenters. The molecule has 5 heteroatoms. The Bertz CT molecular complexity index is 643. The van der Waals surface area contributed by atoms with Crippen LogP contribution in [0.3, 0.4) is 0 Å². The lowest BCUT2D eigenvalue weighted by molar-refractivity contribution is 0.669. The van der Waals surface area contributed by atoms with Crippen LogP contribution in [0.1, 0.15) is 5.56 Å². The maximum absolute atomic E-state index is 11.4. The molecule has 1 aromatic heterocycles. The molecule has 2 rings (SSSR count). The van der Waals surface area contributed by atoms with E-state index in [0.29, 0.717) is 13.1 Å². The van der Waals surface area contributed by atoms with Gasteiger partial charge in [0.15, 0.2) is 0 Å². The summed E-state index contributed by atoms with van der Waals surface area (Å²) in [5.74, 6) is 0. The second-order valence-electron chi connectivity index (χ2n) is 4.05. The van der Waals surface area contributed by atoms with Crippen LogP contribution in [0.2, 0.25) is 0 Å². The van der Waals surface area contributed by atoms with E-state index in [2.05, 4.69) is 10.3 Å². The molecule has 0 amide bonds. The minimum Gasteiger partial charge on any atom is -0.383 e. The first-order chi connectivity index (χ1) is 8.66. The van der Waals surface area contributed by atoms with Crippen molar-refractivity contribution in [2.75, 3.05) is 11.9 Å². The fraction of sp³-hybridized carbons (Fsp3) is 0.231. The predicted octanol–water partition coefficient (Wildman–Crippen LogP) is 0.957. The molecule has 0 saturated carbocycles. The highest BCUT2D eigenvalue weighted by Gasteiger charge is 1.98. The Morgan fingerprint density at radius 3 is 2.72 bits per heavy atom. The Kier molecular flexibility index (Phi) is 3.62. The van der Waals surface area contributed by atoms with Crippen molar-refractivity contribution >= 4 is 5.69 Å². The van der Waals surface area contributed by atoms with Gasteiger partial charge in [-0.25, -0.2) is 4.79 Å². The zero-order valence-corrected chi connectivity index (χ0v) is 10.1. The molecule has 5 nitrogen and oxygen atoms in total. The Hall–Kier alpha value is -2.30. The summed E-state index contributed by atoms with van der Waals surface area (Å²) in [5.41, 5.74) is 1.46. The molecule has 0 aliphatic rings. The van der Waals surface area contributed by atoms with Gasteiger partial charge >= 0.3 is 5.69 Å². The van der Waals surface area contributed by atoms with E-state index in [1.807, 2.05) is 31.2 Å². The number of benzene rings is 1. The summed E-state index contributed by atoms with van der Waals surface area (Å²) in [4.78, 5) is 24.5. The number of nitrogens with zero attached hydrogens (tertiary/aromatic N) is 1. The average molecular weight is 245 g/mol. The Balaban J connectivity index is 1.99. The summed E-state index contributed by atoms with van der Waals surface area (Å²) in [7, 11) is 0. The Labute approximate surface area is 104 Å². The fourth-order valence-electron chi connectivity index (χ4n) is 1.70. The molecule has 1 aromatic carbocycles. The van der Waals surface area contributed by atoms with Gasteiger partial charge in [-0.2, -0.15) is 0 Å². The van der Waals surface area contributed by atoms with Crippen molar-refractivity contribution in [3.63, 3.8) is 0 Å². The van der Waals surface area contributed by atoms with E-state index in [-0.39, 0.29) is 11.2 Å². The number of anilines is 1. The summed E-state index contributed by atoms with van der Waals surface area (Å²) >= 11 is 0. The number of aryl methyl sites for hydroxylation is 1. The van der Waals surface area contributed by atoms with E-state index < -0.39 is 0 Å². The second-order valence-corrected chi connectivity index (χ2v) is 4.05. The van der Waals surface area contributed by atoms with Gasteiger partial charge < -0.3 is 5.32 Å². The van der Waals surface area contributed by atoms with E-state index in [1.165, 1.54) is 16.8 Å². The first-order valence-electron chi connectivity index (χ1n) is 5.76. The van der Waals surface area contributed by atoms with Crippen LogP contribution < -0.4 is 16.6 Å². The van der Waals surface area contributed by atoms with E-state index in [1.54, 1.807) is 0 Å². The molecule has 1 heterocycles. The average Bonchev–Trinajstić information content (AvgIpc) is 2.34. The molecule has 0 aliphatic carbocycles. The number of H-pyrrole nitrogens is 1. The van der Waals surface area contributed by atoms with Crippen LogP contribution in [0.15, 0.2) is 46.1 Å². The third-order valence-corrected chi connectivity index (χ3v) is 2.71. The van der Waals surface area contributed by atoms with Gasteiger partial charge in [-0.15, -0.1) is 0 Å². The molecule has 0 radical (unpaired) electrons. The lowest BCUT2D eigenvalue weighted by atomic mass is 10.2. The van der Waals surface area contributed by atoms with Gasteiger partial charge in [-0.3, -0.25) is 14.3 Å². The van der Waals surface area contributed by atoms with E-state index in [9.17, 15) is 9.59 Å². The zero-order chi connectivity index (χ0) is 13.0. The predicted molar refractivity (Wildman–Crippen MR) is 71.0 cm³/mol. The lowest BCUT2D eigenvalue weighted by Crippen LogP contribution is -2.30. The quantitative estimate of drug-likeness (QED) is 0.843. The van der Waals surface area contributed by atoms with Crippen molar-refractivity contribution in [3.05, 3.63) is 62.9 Å². The van der Waals surface area contributed by atoms with Gasteiger partial charge in [-0.05, 0) is 18.6 Å². The van der Waals surface area contributed by atoms with Crippen LogP contribution in [0.5, 0.6) is 0 Å². The van der Waals surface area contributed by atoms with Crippen molar-refractivity contribution < 1.29 is 0 Å². The van der Waals surface area contributed by atoms with Gasteiger partial charge in [0.2, 0.25) is 0 Å². The van der Waals surface area contributed by atoms with Crippen molar-refractivity contribution in [2.24, 2.45) is 0 Å². The maximum Gasteiger partial charge on any atom is 0.328 e. The summed E-state index contributed by atoms with van der Waals surface area (Å²) in [6.07, 6.45) is 1.50. The van der Waals surface area contributed by atoms with Gasteiger partial charge in [-0.1, -0.05) is 18.2 Å². The molecule has 2 N–H and O–H groups in total. The van der Waals surface area contributed by atoms with E-state index in [0.717, 1.165) is 11.3 Å². The molecule has 0 fully saturated rings. The van der Waals surface area contributed by atoms with Crippen molar-refractivity contribution in [3.8, 4) is 0 Å². The first-order valence-corrected chi connectivity index (χ1v) is 5.76. The highest BCUT2D eigenvalue weighted by Crippen LogP contribution is 2.12. The standard InChI is InChI=1S/C13H15N3O2/c1-10-4-2-3-5-11(10)14-7-9-16-8-6-12(17)15-13(16)18/h2-6,8,14H,7,9H2,1H3,(H,15,17,18). The van der Waals surface area contributed by atoms with Crippen LogP contribution in [0.4, 0.5) is 5.69 Å². The molecule has 0 bridgehead atoms. The summed E-state index contributed by atoms with van der Waals surface area (Å²) in [5, 5.41) is 3.25.